The van der Waals surface area contributed by atoms with Crippen LogP contribution in [0, 0.1) is 0 Å². The van der Waals surface area contributed by atoms with Crippen molar-refractivity contribution in [1.82, 2.24) is 0 Å². The van der Waals surface area contributed by atoms with Crippen molar-refractivity contribution in [1.29, 1.82) is 0 Å². The van der Waals surface area contributed by atoms with Gasteiger partial charge in [0.25, 0.3) is 0 Å². The minimum atomic E-state index is -3.64. The van der Waals surface area contributed by atoms with Crippen molar-refractivity contribution < 1.29 is 21.6 Å². The van der Waals surface area contributed by atoms with E-state index in [2.05, 4.69) is 4.72 Å². The molecule has 9 heteroatoms. The van der Waals surface area contributed by atoms with Crippen molar-refractivity contribution in [3.05, 3.63) is 54.1 Å². The number of nitrogens with zero attached hydrogens (tertiary/aromatic N) is 1. The Kier molecular flexibility index (Phi) is 5.10. The molecule has 0 atom stereocenters. The van der Waals surface area contributed by atoms with Crippen LogP contribution in [-0.4, -0.2) is 36.2 Å². The van der Waals surface area contributed by atoms with E-state index in [1.54, 1.807) is 36.4 Å². The second-order valence-electron chi connectivity index (χ2n) is 5.98. The van der Waals surface area contributed by atoms with Crippen LogP contribution in [0.25, 0.3) is 0 Å². The van der Waals surface area contributed by atoms with E-state index in [9.17, 15) is 16.8 Å². The summed E-state index contributed by atoms with van der Waals surface area (Å²) in [5.74, 6) is 0.277. The monoisotopic (exact) mass is 396 g/mol. The number of hydrogen-bond acceptors (Lipinski definition) is 5. The highest BCUT2D eigenvalue weighted by molar-refractivity contribution is 7.93. The number of benzene rings is 2. The Morgan fingerprint density at radius 1 is 1.15 bits per heavy atom. The summed E-state index contributed by atoms with van der Waals surface area (Å²) in [5, 5.41) is 0. The molecule has 7 nitrogen and oxygen atoms in total. The van der Waals surface area contributed by atoms with Crippen LogP contribution in [0.15, 0.2) is 48.5 Å². The van der Waals surface area contributed by atoms with Crippen molar-refractivity contribution in [3.8, 4) is 5.75 Å². The van der Waals surface area contributed by atoms with Gasteiger partial charge in [-0.3, -0.25) is 9.03 Å². The maximum absolute atomic E-state index is 12.4. The van der Waals surface area contributed by atoms with Gasteiger partial charge in [0.2, 0.25) is 20.0 Å². The van der Waals surface area contributed by atoms with Gasteiger partial charge in [0.05, 0.1) is 30.0 Å². The Hall–Kier alpha value is -2.26. The fraction of sp³-hybridized carbons (Fsp3) is 0.294. The third kappa shape index (κ3) is 4.10. The van der Waals surface area contributed by atoms with Gasteiger partial charge in [0, 0.05) is 6.54 Å². The Bertz CT molecular complexity index is 989. The summed E-state index contributed by atoms with van der Waals surface area (Å²) in [6.45, 7) is 0.346. The molecule has 0 bridgehead atoms. The molecule has 1 fully saturated rings. The number of rotatable bonds is 6. The van der Waals surface area contributed by atoms with Gasteiger partial charge in [-0.05, 0) is 30.2 Å². The van der Waals surface area contributed by atoms with E-state index in [1.165, 1.54) is 17.5 Å². The molecule has 0 unspecified atom stereocenters. The summed E-state index contributed by atoms with van der Waals surface area (Å²) in [5.41, 5.74) is 1.29. The summed E-state index contributed by atoms with van der Waals surface area (Å²) in [4.78, 5) is 0. The fourth-order valence-electron chi connectivity index (χ4n) is 2.87. The van der Waals surface area contributed by atoms with Crippen LogP contribution in [0.1, 0.15) is 12.0 Å². The number of hydrogen-bond donors (Lipinski definition) is 1. The predicted octanol–water partition coefficient (Wildman–Crippen LogP) is 2.18. The highest BCUT2D eigenvalue weighted by Gasteiger charge is 2.31. The molecule has 0 spiro atoms. The summed E-state index contributed by atoms with van der Waals surface area (Å²) in [7, 11) is -5.60. The number of anilines is 2. The topological polar surface area (TPSA) is 92.8 Å². The van der Waals surface area contributed by atoms with E-state index in [4.69, 9.17) is 4.74 Å². The number of sulfonamides is 2. The second kappa shape index (κ2) is 7.16. The molecule has 3 rings (SSSR count). The third-order valence-corrected chi connectivity index (χ3v) is 7.14. The molecule has 2 aromatic carbocycles. The van der Waals surface area contributed by atoms with Crippen LogP contribution in [0.4, 0.5) is 11.4 Å². The van der Waals surface area contributed by atoms with Gasteiger partial charge in [-0.25, -0.2) is 16.8 Å². The van der Waals surface area contributed by atoms with Crippen molar-refractivity contribution in [2.45, 2.75) is 12.2 Å². The number of nitrogens with one attached hydrogen (secondary N) is 1. The maximum atomic E-state index is 12.4. The molecule has 1 aliphatic heterocycles. The predicted molar refractivity (Wildman–Crippen MR) is 101 cm³/mol. The summed E-state index contributed by atoms with van der Waals surface area (Å²) in [6.07, 6.45) is 0.523. The van der Waals surface area contributed by atoms with Crippen molar-refractivity contribution >= 4 is 31.4 Å². The maximum Gasteiger partial charge on any atom is 0.236 e. The van der Waals surface area contributed by atoms with Crippen LogP contribution in [-0.2, 0) is 25.8 Å². The van der Waals surface area contributed by atoms with Gasteiger partial charge in [-0.15, -0.1) is 0 Å². The minimum absolute atomic E-state index is 0.0696. The molecule has 0 saturated carbocycles. The van der Waals surface area contributed by atoms with E-state index in [-0.39, 0.29) is 11.5 Å². The molecular formula is C17H20N2O5S2. The lowest BCUT2D eigenvalue weighted by Crippen LogP contribution is -2.25. The quantitative estimate of drug-likeness (QED) is 0.808. The first-order valence-corrected chi connectivity index (χ1v) is 11.3. The van der Waals surface area contributed by atoms with Crippen molar-refractivity contribution in [2.24, 2.45) is 0 Å². The molecule has 1 N–H and O–H groups in total. The molecular weight excluding hydrogens is 376 g/mol. The molecule has 0 amide bonds. The first-order valence-electron chi connectivity index (χ1n) is 8.04. The van der Waals surface area contributed by atoms with Crippen LogP contribution in [0.2, 0.25) is 0 Å². The molecule has 26 heavy (non-hydrogen) atoms. The van der Waals surface area contributed by atoms with E-state index >= 15 is 0 Å². The van der Waals surface area contributed by atoms with Gasteiger partial charge in [0.15, 0.2) is 0 Å². The van der Waals surface area contributed by atoms with Gasteiger partial charge < -0.3 is 4.74 Å². The molecule has 1 heterocycles. The fourth-order valence-corrected chi connectivity index (χ4v) is 5.62. The third-order valence-electron chi connectivity index (χ3n) is 4.02. The average Bonchev–Trinajstić information content (AvgIpc) is 2.94. The SMILES string of the molecule is COc1ccc(NS(=O)(=O)Cc2ccccc2)cc1N1CCCS1(=O)=O. The summed E-state index contributed by atoms with van der Waals surface area (Å²) < 4.78 is 58.2. The van der Waals surface area contributed by atoms with E-state index < -0.39 is 20.0 Å². The lowest BCUT2D eigenvalue weighted by Gasteiger charge is -2.21. The van der Waals surface area contributed by atoms with E-state index in [0.717, 1.165) is 0 Å². The van der Waals surface area contributed by atoms with Gasteiger partial charge >= 0.3 is 0 Å². The number of methoxy groups -OCH3 is 1. The highest BCUT2D eigenvalue weighted by atomic mass is 32.2. The van der Waals surface area contributed by atoms with Crippen LogP contribution in [0.5, 0.6) is 5.75 Å². The average molecular weight is 396 g/mol. The molecule has 0 aliphatic carbocycles. The molecule has 0 aromatic heterocycles. The molecule has 1 saturated heterocycles. The smallest absolute Gasteiger partial charge is 0.236 e. The summed E-state index contributed by atoms with van der Waals surface area (Å²) >= 11 is 0. The zero-order valence-corrected chi connectivity index (χ0v) is 15.9. The van der Waals surface area contributed by atoms with Crippen LogP contribution in [0.3, 0.4) is 0 Å². The highest BCUT2D eigenvalue weighted by Crippen LogP contribution is 2.35. The molecule has 1 aliphatic rings. The van der Waals surface area contributed by atoms with Gasteiger partial charge in [-0.1, -0.05) is 30.3 Å². The summed E-state index contributed by atoms with van der Waals surface area (Å²) in [6, 6.07) is 13.4. The Morgan fingerprint density at radius 3 is 2.50 bits per heavy atom. The minimum Gasteiger partial charge on any atom is -0.495 e. The Balaban J connectivity index is 1.88. The molecule has 140 valence electrons. The first kappa shape index (κ1) is 18.5. The van der Waals surface area contributed by atoms with Crippen molar-refractivity contribution in [3.63, 3.8) is 0 Å². The van der Waals surface area contributed by atoms with E-state index in [0.29, 0.717) is 35.7 Å². The van der Waals surface area contributed by atoms with Crippen LogP contribution >= 0.6 is 0 Å². The zero-order chi connectivity index (χ0) is 18.8. The lowest BCUT2D eigenvalue weighted by molar-refractivity contribution is 0.415. The Labute approximate surface area is 153 Å². The second-order valence-corrected chi connectivity index (χ2v) is 9.71. The standard InChI is InChI=1S/C17H20N2O5S2/c1-24-17-9-8-15(12-16(17)19-10-5-11-26(19,22)23)18-25(20,21)13-14-6-3-2-4-7-14/h2-4,6-9,12,18H,5,10-11,13H2,1H3. The van der Waals surface area contributed by atoms with Gasteiger partial charge in [-0.2, -0.15) is 0 Å². The Morgan fingerprint density at radius 2 is 1.88 bits per heavy atom. The van der Waals surface area contributed by atoms with Crippen molar-refractivity contribution in [2.75, 3.05) is 28.4 Å². The number of ether oxygens (including phenoxy) is 1. The molecule has 2 aromatic rings. The molecule has 0 radical (unpaired) electrons. The lowest BCUT2D eigenvalue weighted by atomic mass is 10.2. The first-order chi connectivity index (χ1) is 12.3. The van der Waals surface area contributed by atoms with E-state index in [1.807, 2.05) is 6.07 Å². The largest absolute Gasteiger partial charge is 0.495 e. The van der Waals surface area contributed by atoms with Crippen LogP contribution < -0.4 is 13.8 Å². The van der Waals surface area contributed by atoms with Gasteiger partial charge in [0.1, 0.15) is 5.75 Å². The normalized spacial score (nSPS) is 16.4. The zero-order valence-electron chi connectivity index (χ0n) is 14.3.